The van der Waals surface area contributed by atoms with Crippen molar-refractivity contribution >= 4 is 17.3 Å². The van der Waals surface area contributed by atoms with E-state index in [9.17, 15) is 4.79 Å². The number of benzene rings is 1. The molecule has 0 bridgehead atoms. The minimum atomic E-state index is -0.0294. The highest BCUT2D eigenvalue weighted by molar-refractivity contribution is 5.95. The molecule has 0 radical (unpaired) electrons. The number of hydrogen-bond acceptors (Lipinski definition) is 3. The standard InChI is InChI=1S/C17H29N3O/c1-12(2)7-6-8-13(3)19-16-10-9-14(11-15(16)18)17(21)20(4)5/h9-13,19H,6-8,18H2,1-5H3. The van der Waals surface area contributed by atoms with Gasteiger partial charge in [0.15, 0.2) is 0 Å². The number of anilines is 2. The Labute approximate surface area is 128 Å². The van der Waals surface area contributed by atoms with Crippen molar-refractivity contribution in [1.82, 2.24) is 4.90 Å². The molecule has 1 atom stereocenters. The Bertz CT molecular complexity index is 469. The van der Waals surface area contributed by atoms with E-state index in [1.54, 1.807) is 25.1 Å². The van der Waals surface area contributed by atoms with Gasteiger partial charge in [0.25, 0.3) is 5.91 Å². The fourth-order valence-electron chi connectivity index (χ4n) is 2.26. The Morgan fingerprint density at radius 2 is 1.90 bits per heavy atom. The Kier molecular flexibility index (Phi) is 6.53. The Hall–Kier alpha value is -1.71. The van der Waals surface area contributed by atoms with Crippen molar-refractivity contribution in [3.8, 4) is 0 Å². The van der Waals surface area contributed by atoms with Gasteiger partial charge < -0.3 is 16.0 Å². The van der Waals surface area contributed by atoms with Crippen molar-refractivity contribution in [3.05, 3.63) is 23.8 Å². The quantitative estimate of drug-likeness (QED) is 0.755. The van der Waals surface area contributed by atoms with Crippen LogP contribution in [0.2, 0.25) is 0 Å². The molecule has 118 valence electrons. The number of nitrogens with two attached hydrogens (primary N) is 1. The largest absolute Gasteiger partial charge is 0.397 e. The number of amides is 1. The van der Waals surface area contributed by atoms with Gasteiger partial charge in [-0.2, -0.15) is 0 Å². The maximum Gasteiger partial charge on any atom is 0.253 e. The number of carbonyl (C=O) groups is 1. The first-order valence-corrected chi connectivity index (χ1v) is 7.69. The van der Waals surface area contributed by atoms with Crippen LogP contribution in [0.5, 0.6) is 0 Å². The van der Waals surface area contributed by atoms with E-state index >= 15 is 0 Å². The molecule has 4 nitrogen and oxygen atoms in total. The SMILES string of the molecule is CC(C)CCCC(C)Nc1ccc(C(=O)N(C)C)cc1N. The van der Waals surface area contributed by atoms with Crippen LogP contribution in [0, 0.1) is 5.92 Å². The van der Waals surface area contributed by atoms with E-state index in [-0.39, 0.29) is 5.91 Å². The van der Waals surface area contributed by atoms with E-state index in [2.05, 4.69) is 26.1 Å². The number of carbonyl (C=O) groups excluding carboxylic acids is 1. The molecule has 0 heterocycles. The highest BCUT2D eigenvalue weighted by Crippen LogP contribution is 2.22. The van der Waals surface area contributed by atoms with Gasteiger partial charge in [-0.05, 0) is 37.5 Å². The molecule has 0 saturated heterocycles. The van der Waals surface area contributed by atoms with E-state index in [1.807, 2.05) is 12.1 Å². The van der Waals surface area contributed by atoms with Crippen LogP contribution < -0.4 is 11.1 Å². The molecule has 21 heavy (non-hydrogen) atoms. The van der Waals surface area contributed by atoms with Gasteiger partial charge >= 0.3 is 0 Å². The molecule has 0 aliphatic heterocycles. The lowest BCUT2D eigenvalue weighted by atomic mass is 10.0. The van der Waals surface area contributed by atoms with E-state index in [4.69, 9.17) is 5.73 Å². The molecule has 3 N–H and O–H groups in total. The summed E-state index contributed by atoms with van der Waals surface area (Å²) in [6.45, 7) is 6.66. The van der Waals surface area contributed by atoms with Gasteiger partial charge in [0.1, 0.15) is 0 Å². The lowest BCUT2D eigenvalue weighted by molar-refractivity contribution is 0.0827. The molecule has 1 rings (SSSR count). The first kappa shape index (κ1) is 17.3. The minimum absolute atomic E-state index is 0.0294. The molecule has 0 saturated carbocycles. The number of nitrogens with one attached hydrogen (secondary N) is 1. The smallest absolute Gasteiger partial charge is 0.253 e. The van der Waals surface area contributed by atoms with Crippen LogP contribution in [0.1, 0.15) is 50.4 Å². The molecule has 1 amide bonds. The number of rotatable bonds is 7. The third-order valence-corrected chi connectivity index (χ3v) is 3.53. The summed E-state index contributed by atoms with van der Waals surface area (Å²) in [6, 6.07) is 5.83. The first-order chi connectivity index (χ1) is 9.81. The molecule has 1 aromatic rings. The zero-order valence-corrected chi connectivity index (χ0v) is 13.9. The van der Waals surface area contributed by atoms with Crippen LogP contribution in [-0.4, -0.2) is 30.9 Å². The zero-order valence-electron chi connectivity index (χ0n) is 13.9. The molecule has 1 unspecified atom stereocenters. The van der Waals surface area contributed by atoms with Crippen molar-refractivity contribution < 1.29 is 4.79 Å². The van der Waals surface area contributed by atoms with Crippen LogP contribution in [-0.2, 0) is 0 Å². The molecule has 0 aliphatic rings. The van der Waals surface area contributed by atoms with Crippen molar-refractivity contribution in [2.45, 2.75) is 46.1 Å². The highest BCUT2D eigenvalue weighted by atomic mass is 16.2. The van der Waals surface area contributed by atoms with Gasteiger partial charge in [0, 0.05) is 25.7 Å². The normalized spacial score (nSPS) is 12.3. The molecule has 1 aromatic carbocycles. The van der Waals surface area contributed by atoms with Crippen LogP contribution in [0.25, 0.3) is 0 Å². The topological polar surface area (TPSA) is 58.4 Å². The lowest BCUT2D eigenvalue weighted by Gasteiger charge is -2.18. The fraction of sp³-hybridized carbons (Fsp3) is 0.588. The van der Waals surface area contributed by atoms with Crippen molar-refractivity contribution in [2.24, 2.45) is 5.92 Å². The highest BCUT2D eigenvalue weighted by Gasteiger charge is 2.11. The second-order valence-corrected chi connectivity index (χ2v) is 6.37. The van der Waals surface area contributed by atoms with E-state index in [0.717, 1.165) is 18.0 Å². The minimum Gasteiger partial charge on any atom is -0.397 e. The second kappa shape index (κ2) is 7.91. The summed E-state index contributed by atoms with van der Waals surface area (Å²) < 4.78 is 0. The van der Waals surface area contributed by atoms with E-state index < -0.39 is 0 Å². The number of nitrogens with zero attached hydrogens (tertiary/aromatic N) is 1. The summed E-state index contributed by atoms with van der Waals surface area (Å²) in [5.74, 6) is 0.719. The van der Waals surface area contributed by atoms with E-state index in [0.29, 0.717) is 17.3 Å². The van der Waals surface area contributed by atoms with Crippen molar-refractivity contribution in [3.63, 3.8) is 0 Å². The summed E-state index contributed by atoms with van der Waals surface area (Å²) in [6.07, 6.45) is 3.58. The number of nitrogen functional groups attached to an aromatic ring is 1. The van der Waals surface area contributed by atoms with Gasteiger partial charge in [0.05, 0.1) is 11.4 Å². The molecule has 0 aromatic heterocycles. The maximum absolute atomic E-state index is 11.9. The summed E-state index contributed by atoms with van der Waals surface area (Å²) in [5.41, 5.74) is 8.20. The van der Waals surface area contributed by atoms with Crippen LogP contribution in [0.4, 0.5) is 11.4 Å². The molecule has 0 aliphatic carbocycles. The summed E-state index contributed by atoms with van der Waals surface area (Å²) in [7, 11) is 3.48. The van der Waals surface area contributed by atoms with Crippen LogP contribution in [0.15, 0.2) is 18.2 Å². The predicted molar refractivity (Wildman–Crippen MR) is 90.6 cm³/mol. The van der Waals surface area contributed by atoms with E-state index in [1.165, 1.54) is 12.8 Å². The molecule has 0 spiro atoms. The number of hydrogen-bond donors (Lipinski definition) is 2. The molecule has 4 heteroatoms. The summed E-state index contributed by atoms with van der Waals surface area (Å²) in [5, 5.41) is 3.43. The molecule has 0 fully saturated rings. The third kappa shape index (κ3) is 5.66. The monoisotopic (exact) mass is 291 g/mol. The maximum atomic E-state index is 11.9. The van der Waals surface area contributed by atoms with Crippen molar-refractivity contribution in [2.75, 3.05) is 25.1 Å². The average Bonchev–Trinajstić information content (AvgIpc) is 2.39. The molecular weight excluding hydrogens is 262 g/mol. The van der Waals surface area contributed by atoms with Gasteiger partial charge in [0.2, 0.25) is 0 Å². The third-order valence-electron chi connectivity index (χ3n) is 3.53. The Morgan fingerprint density at radius 3 is 2.43 bits per heavy atom. The predicted octanol–water partition coefficient (Wildman–Crippen LogP) is 3.60. The Morgan fingerprint density at radius 1 is 1.24 bits per heavy atom. The second-order valence-electron chi connectivity index (χ2n) is 6.37. The zero-order chi connectivity index (χ0) is 16.0. The Balaban J connectivity index is 2.62. The average molecular weight is 291 g/mol. The van der Waals surface area contributed by atoms with Gasteiger partial charge in [-0.1, -0.05) is 26.7 Å². The first-order valence-electron chi connectivity index (χ1n) is 7.69. The fourth-order valence-corrected chi connectivity index (χ4v) is 2.26. The van der Waals surface area contributed by atoms with Crippen LogP contribution in [0.3, 0.4) is 0 Å². The van der Waals surface area contributed by atoms with Gasteiger partial charge in [-0.15, -0.1) is 0 Å². The van der Waals surface area contributed by atoms with Crippen LogP contribution >= 0.6 is 0 Å². The van der Waals surface area contributed by atoms with Gasteiger partial charge in [-0.3, -0.25) is 4.79 Å². The molecular formula is C17H29N3O. The van der Waals surface area contributed by atoms with Gasteiger partial charge in [-0.25, -0.2) is 0 Å². The summed E-state index contributed by atoms with van der Waals surface area (Å²) in [4.78, 5) is 13.4. The van der Waals surface area contributed by atoms with Crippen molar-refractivity contribution in [1.29, 1.82) is 0 Å². The lowest BCUT2D eigenvalue weighted by Crippen LogP contribution is -2.22. The summed E-state index contributed by atoms with van der Waals surface area (Å²) >= 11 is 0.